The van der Waals surface area contributed by atoms with Gasteiger partial charge in [0.2, 0.25) is 6.10 Å². The van der Waals surface area contributed by atoms with Crippen molar-refractivity contribution in [1.29, 1.82) is 0 Å². The first kappa shape index (κ1) is 25.6. The lowest BCUT2D eigenvalue weighted by Crippen LogP contribution is -2.20. The summed E-state index contributed by atoms with van der Waals surface area (Å²) in [6.45, 7) is 7.98. The fourth-order valence-electron chi connectivity index (χ4n) is 4.15. The molecule has 0 aliphatic carbocycles. The summed E-state index contributed by atoms with van der Waals surface area (Å²) in [7, 11) is 0. The van der Waals surface area contributed by atoms with E-state index in [0.29, 0.717) is 48.3 Å². The zero-order chi connectivity index (χ0) is 25.0. The first-order chi connectivity index (χ1) is 16.1. The molecular formula is C26H30F3NO4. The lowest BCUT2D eigenvalue weighted by atomic mass is 9.97. The topological polar surface area (TPSA) is 72.6 Å². The third-order valence-electron chi connectivity index (χ3n) is 5.56. The van der Waals surface area contributed by atoms with Crippen LogP contribution >= 0.6 is 0 Å². The molecule has 3 rings (SSSR count). The second-order valence-electron chi connectivity index (χ2n) is 8.92. The Kier molecular flexibility index (Phi) is 7.89. The maximum absolute atomic E-state index is 13.5. The molecule has 1 unspecified atom stereocenters. The third-order valence-corrected chi connectivity index (χ3v) is 5.56. The van der Waals surface area contributed by atoms with E-state index >= 15 is 0 Å². The van der Waals surface area contributed by atoms with Crippen molar-refractivity contribution in [3.8, 4) is 5.75 Å². The highest BCUT2D eigenvalue weighted by atomic mass is 19.4. The Balaban J connectivity index is 2.12. The minimum atomic E-state index is -4.66. The minimum absolute atomic E-state index is 0.0135. The zero-order valence-corrected chi connectivity index (χ0v) is 19.8. The second kappa shape index (κ2) is 10.5. The van der Waals surface area contributed by atoms with Gasteiger partial charge in [-0.25, -0.2) is 4.79 Å². The number of carbonyl (C=O) groups is 1. The number of carboxylic acids is 1. The molecule has 3 aromatic rings. The number of alkyl halides is 3. The highest BCUT2D eigenvalue weighted by Gasteiger charge is 2.38. The van der Waals surface area contributed by atoms with E-state index in [2.05, 4.69) is 19.0 Å². The van der Waals surface area contributed by atoms with Crippen molar-refractivity contribution in [2.75, 3.05) is 0 Å². The lowest BCUT2D eigenvalue weighted by molar-refractivity contribution is -0.145. The van der Waals surface area contributed by atoms with Crippen molar-refractivity contribution >= 4 is 16.9 Å². The summed E-state index contributed by atoms with van der Waals surface area (Å²) < 4.78 is 51.7. The molecule has 0 fully saturated rings. The SMILES string of the molecule is CCCc1cc2c(C(F)(F)F)noc2c(CCC)c1OC(C(=O)O)c1ccc(CC(C)C)cc1. The molecule has 0 spiro atoms. The third kappa shape index (κ3) is 5.54. The predicted octanol–water partition coefficient (Wildman–Crippen LogP) is 7.15. The van der Waals surface area contributed by atoms with Crippen LogP contribution in [0.3, 0.4) is 0 Å². The van der Waals surface area contributed by atoms with Crippen LogP contribution in [0.1, 0.15) is 74.6 Å². The molecule has 1 atom stereocenters. The summed E-state index contributed by atoms with van der Waals surface area (Å²) in [6, 6.07) is 8.58. The number of carboxylic acid groups (broad SMARTS) is 1. The minimum Gasteiger partial charge on any atom is -0.478 e. The summed E-state index contributed by atoms with van der Waals surface area (Å²) in [5, 5.41) is 13.1. The standard InChI is InChI=1S/C26H30F3NO4/c1-5-7-18-14-20-23(34-30-24(20)26(27,28)29)19(8-6-2)21(18)33-22(25(31)32)17-11-9-16(10-12-17)13-15(3)4/h9-12,14-15,22H,5-8,13H2,1-4H3,(H,31,32). The highest BCUT2D eigenvalue weighted by Crippen LogP contribution is 2.42. The maximum atomic E-state index is 13.5. The summed E-state index contributed by atoms with van der Waals surface area (Å²) >= 11 is 0. The van der Waals surface area contributed by atoms with Crippen LogP contribution in [0.15, 0.2) is 34.9 Å². The van der Waals surface area contributed by atoms with E-state index in [1.54, 1.807) is 12.1 Å². The van der Waals surface area contributed by atoms with Gasteiger partial charge in [0.05, 0.1) is 5.39 Å². The van der Waals surface area contributed by atoms with E-state index in [1.165, 1.54) is 6.07 Å². The number of ether oxygens (including phenoxy) is 1. The number of fused-ring (bicyclic) bond motifs is 1. The number of halogens is 3. The molecule has 2 aromatic carbocycles. The number of aromatic nitrogens is 1. The number of benzene rings is 2. The Morgan fingerprint density at radius 2 is 1.76 bits per heavy atom. The van der Waals surface area contributed by atoms with Gasteiger partial charge in [0.15, 0.2) is 11.3 Å². The Labute approximate surface area is 196 Å². The average Bonchev–Trinajstić information content (AvgIpc) is 3.18. The van der Waals surface area contributed by atoms with Gasteiger partial charge in [-0.05, 0) is 42.4 Å². The molecule has 34 heavy (non-hydrogen) atoms. The molecule has 0 saturated carbocycles. The van der Waals surface area contributed by atoms with Crippen LogP contribution in [0, 0.1) is 5.92 Å². The summed E-state index contributed by atoms with van der Waals surface area (Å²) in [5.41, 5.74) is 1.37. The number of rotatable bonds is 10. The van der Waals surface area contributed by atoms with Gasteiger partial charge in [0, 0.05) is 11.1 Å². The van der Waals surface area contributed by atoms with E-state index in [0.717, 1.165) is 12.0 Å². The van der Waals surface area contributed by atoms with Gasteiger partial charge in [-0.15, -0.1) is 0 Å². The maximum Gasteiger partial charge on any atom is 0.437 e. The molecule has 1 N–H and O–H groups in total. The molecule has 0 aliphatic heterocycles. The van der Waals surface area contributed by atoms with Crippen LogP contribution in [-0.4, -0.2) is 16.2 Å². The van der Waals surface area contributed by atoms with E-state index in [9.17, 15) is 23.1 Å². The fourth-order valence-corrected chi connectivity index (χ4v) is 4.15. The van der Waals surface area contributed by atoms with Crippen molar-refractivity contribution in [3.05, 3.63) is 58.3 Å². The number of aryl methyl sites for hydroxylation is 2. The number of hydrogen-bond acceptors (Lipinski definition) is 4. The summed E-state index contributed by atoms with van der Waals surface area (Å²) in [5.74, 6) is -0.462. The van der Waals surface area contributed by atoms with Crippen LogP contribution < -0.4 is 4.74 Å². The van der Waals surface area contributed by atoms with Crippen LogP contribution in [0.5, 0.6) is 5.75 Å². The van der Waals surface area contributed by atoms with E-state index in [4.69, 9.17) is 9.26 Å². The molecule has 1 heterocycles. The van der Waals surface area contributed by atoms with E-state index in [1.807, 2.05) is 26.0 Å². The Morgan fingerprint density at radius 1 is 1.12 bits per heavy atom. The quantitative estimate of drug-likeness (QED) is 0.336. The van der Waals surface area contributed by atoms with Crippen molar-refractivity contribution in [2.45, 2.75) is 72.1 Å². The number of hydrogen-bond donors (Lipinski definition) is 1. The highest BCUT2D eigenvalue weighted by molar-refractivity contribution is 5.87. The molecular weight excluding hydrogens is 447 g/mol. The van der Waals surface area contributed by atoms with Crippen LogP contribution in [-0.2, 0) is 30.2 Å². The molecule has 0 bridgehead atoms. The molecule has 0 amide bonds. The Hall–Kier alpha value is -3.03. The normalized spacial score (nSPS) is 12.9. The summed E-state index contributed by atoms with van der Waals surface area (Å²) in [6.07, 6.45) is -3.10. The first-order valence-corrected chi connectivity index (χ1v) is 11.6. The van der Waals surface area contributed by atoms with Crippen molar-refractivity contribution < 1.29 is 32.3 Å². The Bertz CT molecular complexity index is 1130. The monoisotopic (exact) mass is 477 g/mol. The first-order valence-electron chi connectivity index (χ1n) is 11.6. The molecule has 0 saturated heterocycles. The predicted molar refractivity (Wildman–Crippen MR) is 123 cm³/mol. The average molecular weight is 478 g/mol. The molecule has 0 radical (unpaired) electrons. The van der Waals surface area contributed by atoms with Gasteiger partial charge < -0.3 is 14.4 Å². The summed E-state index contributed by atoms with van der Waals surface area (Å²) in [4.78, 5) is 12.2. The van der Waals surface area contributed by atoms with Gasteiger partial charge in [0.1, 0.15) is 5.75 Å². The van der Waals surface area contributed by atoms with Crippen molar-refractivity contribution in [3.63, 3.8) is 0 Å². The van der Waals surface area contributed by atoms with Crippen molar-refractivity contribution in [2.24, 2.45) is 5.92 Å². The van der Waals surface area contributed by atoms with Crippen LogP contribution in [0.4, 0.5) is 13.2 Å². The van der Waals surface area contributed by atoms with Crippen molar-refractivity contribution in [1.82, 2.24) is 5.16 Å². The molecule has 1 aromatic heterocycles. The van der Waals surface area contributed by atoms with Gasteiger partial charge in [-0.1, -0.05) is 70.0 Å². The Morgan fingerprint density at radius 3 is 2.29 bits per heavy atom. The number of nitrogens with zero attached hydrogens (tertiary/aromatic N) is 1. The molecule has 8 heteroatoms. The van der Waals surface area contributed by atoms with E-state index < -0.39 is 23.9 Å². The molecule has 5 nitrogen and oxygen atoms in total. The smallest absolute Gasteiger partial charge is 0.437 e. The van der Waals surface area contributed by atoms with Gasteiger partial charge >= 0.3 is 12.1 Å². The van der Waals surface area contributed by atoms with Crippen LogP contribution in [0.2, 0.25) is 0 Å². The molecule has 0 aliphatic rings. The van der Waals surface area contributed by atoms with E-state index in [-0.39, 0.29) is 16.7 Å². The van der Waals surface area contributed by atoms with Gasteiger partial charge in [-0.3, -0.25) is 0 Å². The van der Waals surface area contributed by atoms with Crippen LogP contribution in [0.25, 0.3) is 11.0 Å². The number of aliphatic carboxylic acids is 1. The fraction of sp³-hybridized carbons (Fsp3) is 0.462. The zero-order valence-electron chi connectivity index (χ0n) is 19.8. The second-order valence-corrected chi connectivity index (χ2v) is 8.92. The molecule has 184 valence electrons. The lowest BCUT2D eigenvalue weighted by Gasteiger charge is -2.21. The largest absolute Gasteiger partial charge is 0.478 e. The van der Waals surface area contributed by atoms with Gasteiger partial charge in [-0.2, -0.15) is 13.2 Å². The van der Waals surface area contributed by atoms with Gasteiger partial charge in [0.25, 0.3) is 0 Å².